The van der Waals surface area contributed by atoms with Crippen LogP contribution >= 0.6 is 0 Å². The van der Waals surface area contributed by atoms with Crippen molar-refractivity contribution >= 4 is 5.97 Å². The van der Waals surface area contributed by atoms with Crippen molar-refractivity contribution in [2.75, 3.05) is 20.8 Å². The van der Waals surface area contributed by atoms with Crippen LogP contribution in [0, 0.1) is 0 Å². The Morgan fingerprint density at radius 1 is 1.05 bits per heavy atom. The van der Waals surface area contributed by atoms with Crippen molar-refractivity contribution in [2.24, 2.45) is 0 Å². The number of benzene rings is 1. The van der Waals surface area contributed by atoms with Crippen LogP contribution in [0.5, 0.6) is 5.75 Å². The van der Waals surface area contributed by atoms with Crippen LogP contribution in [0.15, 0.2) is 18.2 Å². The number of ether oxygens (including phenoxy) is 2. The van der Waals surface area contributed by atoms with E-state index in [0.29, 0.717) is 11.3 Å². The predicted octanol–water partition coefficient (Wildman–Crippen LogP) is 3.36. The largest absolute Gasteiger partial charge is 0.496 e. The molecule has 0 aliphatic carbocycles. The number of unbranched alkanes of at least 4 members (excludes halogenated alkanes) is 5. The van der Waals surface area contributed by atoms with Gasteiger partial charge in [-0.1, -0.05) is 37.8 Å². The van der Waals surface area contributed by atoms with Gasteiger partial charge < -0.3 is 14.6 Å². The molecule has 0 spiro atoms. The molecular weight excluding hydrogens is 268 g/mol. The summed E-state index contributed by atoms with van der Waals surface area (Å²) in [5, 5.41) is 8.72. The quantitative estimate of drug-likeness (QED) is 0.531. The van der Waals surface area contributed by atoms with Crippen LogP contribution in [-0.2, 0) is 11.2 Å². The van der Waals surface area contributed by atoms with Crippen molar-refractivity contribution < 1.29 is 19.4 Å². The maximum Gasteiger partial charge on any atom is 0.341 e. The number of carbonyl (C=O) groups is 1. The molecule has 0 aliphatic rings. The van der Waals surface area contributed by atoms with Crippen LogP contribution in [0.25, 0.3) is 0 Å². The lowest BCUT2D eigenvalue weighted by molar-refractivity contribution is 0.0595. The second kappa shape index (κ2) is 10.2. The molecule has 0 aromatic heterocycles. The number of methoxy groups -OCH3 is 2. The van der Waals surface area contributed by atoms with Crippen LogP contribution in [0.3, 0.4) is 0 Å². The second-order valence-corrected chi connectivity index (χ2v) is 5.08. The first-order valence-electron chi connectivity index (χ1n) is 7.59. The minimum atomic E-state index is -0.342. The molecule has 0 amide bonds. The molecule has 0 saturated carbocycles. The van der Waals surface area contributed by atoms with Crippen LogP contribution in [0.4, 0.5) is 0 Å². The third-order valence-electron chi connectivity index (χ3n) is 3.58. The standard InChI is InChI=1S/C17H26O4/c1-20-15-12-9-11-14(16(15)17(19)21-2)10-7-5-3-4-6-8-13-18/h9,11-12,18H,3-8,10,13H2,1-2H3. The van der Waals surface area contributed by atoms with Crippen molar-refractivity contribution in [3.63, 3.8) is 0 Å². The normalized spacial score (nSPS) is 10.4. The maximum atomic E-state index is 11.9. The number of hydrogen-bond donors (Lipinski definition) is 1. The van der Waals surface area contributed by atoms with E-state index < -0.39 is 0 Å². The number of hydrogen-bond acceptors (Lipinski definition) is 4. The van der Waals surface area contributed by atoms with E-state index in [-0.39, 0.29) is 12.6 Å². The highest BCUT2D eigenvalue weighted by Gasteiger charge is 2.17. The lowest BCUT2D eigenvalue weighted by Gasteiger charge is -2.12. The molecule has 4 heteroatoms. The fourth-order valence-electron chi connectivity index (χ4n) is 2.42. The zero-order chi connectivity index (χ0) is 15.5. The Hall–Kier alpha value is -1.55. The van der Waals surface area contributed by atoms with Gasteiger partial charge >= 0.3 is 5.97 Å². The van der Waals surface area contributed by atoms with Gasteiger partial charge in [-0.25, -0.2) is 4.79 Å². The van der Waals surface area contributed by atoms with E-state index in [2.05, 4.69) is 0 Å². The molecule has 4 nitrogen and oxygen atoms in total. The summed E-state index contributed by atoms with van der Waals surface area (Å²) in [4.78, 5) is 11.9. The number of esters is 1. The lowest BCUT2D eigenvalue weighted by Crippen LogP contribution is -2.08. The summed E-state index contributed by atoms with van der Waals surface area (Å²) in [5.41, 5.74) is 1.53. The van der Waals surface area contributed by atoms with E-state index in [1.165, 1.54) is 7.11 Å². The van der Waals surface area contributed by atoms with Crippen molar-refractivity contribution in [3.8, 4) is 5.75 Å². The first-order valence-corrected chi connectivity index (χ1v) is 7.59. The Labute approximate surface area is 127 Å². The average molecular weight is 294 g/mol. The van der Waals surface area contributed by atoms with Crippen LogP contribution in [0.2, 0.25) is 0 Å². The van der Waals surface area contributed by atoms with Gasteiger partial charge in [0.15, 0.2) is 0 Å². The molecule has 21 heavy (non-hydrogen) atoms. The topological polar surface area (TPSA) is 55.8 Å². The predicted molar refractivity (Wildman–Crippen MR) is 82.8 cm³/mol. The molecule has 0 bridgehead atoms. The summed E-state index contributed by atoms with van der Waals surface area (Å²) in [6, 6.07) is 5.65. The molecule has 1 rings (SSSR count). The number of carbonyl (C=O) groups excluding carboxylic acids is 1. The Morgan fingerprint density at radius 2 is 1.71 bits per heavy atom. The first-order chi connectivity index (χ1) is 10.2. The highest BCUT2D eigenvalue weighted by Crippen LogP contribution is 2.24. The second-order valence-electron chi connectivity index (χ2n) is 5.08. The first kappa shape index (κ1) is 17.5. The summed E-state index contributed by atoms with van der Waals surface area (Å²) in [6.45, 7) is 0.284. The number of aryl methyl sites for hydroxylation is 1. The summed E-state index contributed by atoms with van der Waals surface area (Å²) in [6.07, 6.45) is 7.31. The minimum absolute atomic E-state index is 0.284. The molecule has 0 aliphatic heterocycles. The van der Waals surface area contributed by atoms with E-state index in [0.717, 1.165) is 50.5 Å². The summed E-state index contributed by atoms with van der Waals surface area (Å²) in [5.74, 6) is 0.229. The van der Waals surface area contributed by atoms with Gasteiger partial charge in [-0.3, -0.25) is 0 Å². The van der Waals surface area contributed by atoms with E-state index in [1.807, 2.05) is 12.1 Å². The Morgan fingerprint density at radius 3 is 2.33 bits per heavy atom. The summed E-state index contributed by atoms with van der Waals surface area (Å²) >= 11 is 0. The third kappa shape index (κ3) is 5.76. The Kier molecular flexibility index (Phi) is 8.51. The molecule has 0 radical (unpaired) electrons. The smallest absolute Gasteiger partial charge is 0.341 e. The van der Waals surface area contributed by atoms with Gasteiger partial charge in [-0.05, 0) is 30.9 Å². The molecule has 118 valence electrons. The zero-order valence-corrected chi connectivity index (χ0v) is 13.1. The number of aliphatic hydroxyl groups is 1. The van der Waals surface area contributed by atoms with Crippen molar-refractivity contribution in [2.45, 2.75) is 44.9 Å². The lowest BCUT2D eigenvalue weighted by atomic mass is 9.99. The molecule has 1 aromatic rings. The van der Waals surface area contributed by atoms with Gasteiger partial charge in [0.2, 0.25) is 0 Å². The molecule has 0 atom stereocenters. The van der Waals surface area contributed by atoms with Crippen molar-refractivity contribution in [1.82, 2.24) is 0 Å². The minimum Gasteiger partial charge on any atom is -0.496 e. The van der Waals surface area contributed by atoms with E-state index in [1.54, 1.807) is 13.2 Å². The van der Waals surface area contributed by atoms with Crippen LogP contribution < -0.4 is 4.74 Å². The molecule has 0 unspecified atom stereocenters. The number of aliphatic hydroxyl groups excluding tert-OH is 1. The highest BCUT2D eigenvalue weighted by molar-refractivity contribution is 5.94. The van der Waals surface area contributed by atoms with Gasteiger partial charge in [0.1, 0.15) is 11.3 Å². The molecular formula is C17H26O4. The fourth-order valence-corrected chi connectivity index (χ4v) is 2.42. The fraction of sp³-hybridized carbons (Fsp3) is 0.588. The Bertz CT molecular complexity index is 429. The molecule has 1 N–H and O–H groups in total. The van der Waals surface area contributed by atoms with Gasteiger partial charge in [0.25, 0.3) is 0 Å². The molecule has 1 aromatic carbocycles. The van der Waals surface area contributed by atoms with Gasteiger partial charge in [-0.2, -0.15) is 0 Å². The zero-order valence-electron chi connectivity index (χ0n) is 13.1. The molecule has 0 heterocycles. The Balaban J connectivity index is 2.52. The summed E-state index contributed by atoms with van der Waals surface area (Å²) in [7, 11) is 2.95. The van der Waals surface area contributed by atoms with Gasteiger partial charge in [0.05, 0.1) is 14.2 Å². The third-order valence-corrected chi connectivity index (χ3v) is 3.58. The summed E-state index contributed by atoms with van der Waals surface area (Å²) < 4.78 is 10.1. The van der Waals surface area contributed by atoms with E-state index in [4.69, 9.17) is 14.6 Å². The van der Waals surface area contributed by atoms with E-state index >= 15 is 0 Å². The number of rotatable bonds is 10. The SMILES string of the molecule is COC(=O)c1c(CCCCCCCCO)cccc1OC. The maximum absolute atomic E-state index is 11.9. The molecule has 0 fully saturated rings. The van der Waals surface area contributed by atoms with Crippen LogP contribution in [0.1, 0.15) is 54.4 Å². The average Bonchev–Trinajstić information content (AvgIpc) is 2.52. The van der Waals surface area contributed by atoms with Gasteiger partial charge in [-0.15, -0.1) is 0 Å². The highest BCUT2D eigenvalue weighted by atomic mass is 16.5. The van der Waals surface area contributed by atoms with Gasteiger partial charge in [0, 0.05) is 6.61 Å². The van der Waals surface area contributed by atoms with Crippen LogP contribution in [-0.4, -0.2) is 31.9 Å². The van der Waals surface area contributed by atoms with E-state index in [9.17, 15) is 4.79 Å². The monoisotopic (exact) mass is 294 g/mol. The van der Waals surface area contributed by atoms with Crippen molar-refractivity contribution in [3.05, 3.63) is 29.3 Å². The van der Waals surface area contributed by atoms with Crippen molar-refractivity contribution in [1.29, 1.82) is 0 Å². The molecule has 0 saturated heterocycles.